The van der Waals surface area contributed by atoms with Crippen molar-refractivity contribution in [1.29, 1.82) is 0 Å². The van der Waals surface area contributed by atoms with Crippen LogP contribution in [-0.2, 0) is 0 Å². The standard InChI is InChI=1S/C15H21NO/c1-11(2)14-5-4-8-16(14)15-7-6-12(3)9-13(15)10-17/h6-7,9-11,14H,4-5,8H2,1-3H3. The maximum Gasteiger partial charge on any atom is 0.152 e. The molecule has 0 N–H and O–H groups in total. The fraction of sp³-hybridized carbons (Fsp3) is 0.533. The molecule has 1 aliphatic heterocycles. The summed E-state index contributed by atoms with van der Waals surface area (Å²) in [5.41, 5.74) is 3.09. The number of benzene rings is 1. The molecule has 0 bridgehead atoms. The van der Waals surface area contributed by atoms with Gasteiger partial charge >= 0.3 is 0 Å². The van der Waals surface area contributed by atoms with Crippen LogP contribution in [0.1, 0.15) is 42.6 Å². The highest BCUT2D eigenvalue weighted by molar-refractivity contribution is 5.85. The fourth-order valence-corrected chi connectivity index (χ4v) is 2.81. The summed E-state index contributed by atoms with van der Waals surface area (Å²) >= 11 is 0. The summed E-state index contributed by atoms with van der Waals surface area (Å²) in [5.74, 6) is 0.637. The maximum atomic E-state index is 11.2. The summed E-state index contributed by atoms with van der Waals surface area (Å²) in [6.45, 7) is 7.63. The Morgan fingerprint density at radius 3 is 2.82 bits per heavy atom. The van der Waals surface area contributed by atoms with Crippen LogP contribution in [0.2, 0.25) is 0 Å². The predicted octanol–water partition coefficient (Wildman–Crippen LogP) is 3.43. The molecule has 17 heavy (non-hydrogen) atoms. The van der Waals surface area contributed by atoms with Crippen molar-refractivity contribution < 1.29 is 4.79 Å². The van der Waals surface area contributed by atoms with Gasteiger partial charge in [0.05, 0.1) is 0 Å². The van der Waals surface area contributed by atoms with E-state index in [-0.39, 0.29) is 0 Å². The normalized spacial score (nSPS) is 20.0. The monoisotopic (exact) mass is 231 g/mol. The Kier molecular flexibility index (Phi) is 3.51. The van der Waals surface area contributed by atoms with Gasteiger partial charge in [0.1, 0.15) is 0 Å². The zero-order valence-corrected chi connectivity index (χ0v) is 10.9. The van der Waals surface area contributed by atoms with Gasteiger partial charge in [-0.1, -0.05) is 25.5 Å². The minimum atomic E-state index is 0.580. The van der Waals surface area contributed by atoms with Crippen molar-refractivity contribution in [3.8, 4) is 0 Å². The van der Waals surface area contributed by atoms with Gasteiger partial charge in [-0.25, -0.2) is 0 Å². The highest BCUT2D eigenvalue weighted by Gasteiger charge is 2.28. The van der Waals surface area contributed by atoms with Gasteiger partial charge in [-0.15, -0.1) is 0 Å². The average Bonchev–Trinajstić information content (AvgIpc) is 2.77. The molecule has 0 radical (unpaired) electrons. The first-order valence-electron chi connectivity index (χ1n) is 6.46. The van der Waals surface area contributed by atoms with Crippen molar-refractivity contribution in [2.75, 3.05) is 11.4 Å². The molecule has 0 aliphatic carbocycles. The van der Waals surface area contributed by atoms with Gasteiger partial charge in [-0.2, -0.15) is 0 Å². The average molecular weight is 231 g/mol. The summed E-state index contributed by atoms with van der Waals surface area (Å²) < 4.78 is 0. The van der Waals surface area contributed by atoms with Gasteiger partial charge in [0.25, 0.3) is 0 Å². The fourth-order valence-electron chi connectivity index (χ4n) is 2.81. The van der Waals surface area contributed by atoms with E-state index in [4.69, 9.17) is 0 Å². The highest BCUT2D eigenvalue weighted by atomic mass is 16.1. The van der Waals surface area contributed by atoms with E-state index in [0.717, 1.165) is 29.6 Å². The lowest BCUT2D eigenvalue weighted by atomic mass is 10.0. The predicted molar refractivity (Wildman–Crippen MR) is 71.8 cm³/mol. The molecule has 1 atom stereocenters. The molecule has 0 spiro atoms. The highest BCUT2D eigenvalue weighted by Crippen LogP contribution is 2.31. The number of nitrogens with zero attached hydrogens (tertiary/aromatic N) is 1. The third-order valence-corrected chi connectivity index (χ3v) is 3.69. The van der Waals surface area contributed by atoms with E-state index in [1.807, 2.05) is 13.0 Å². The molecule has 1 aromatic rings. The van der Waals surface area contributed by atoms with Gasteiger partial charge in [-0.3, -0.25) is 4.79 Å². The SMILES string of the molecule is Cc1ccc(N2CCCC2C(C)C)c(C=O)c1. The number of aldehydes is 1. The molecular weight excluding hydrogens is 210 g/mol. The quantitative estimate of drug-likeness (QED) is 0.743. The number of rotatable bonds is 3. The Labute approximate surface area is 104 Å². The number of hydrogen-bond acceptors (Lipinski definition) is 2. The van der Waals surface area contributed by atoms with Gasteiger partial charge in [0.2, 0.25) is 0 Å². The molecule has 1 fully saturated rings. The van der Waals surface area contributed by atoms with Crippen molar-refractivity contribution in [3.63, 3.8) is 0 Å². The second-order valence-corrected chi connectivity index (χ2v) is 5.33. The first-order chi connectivity index (χ1) is 8.13. The van der Waals surface area contributed by atoms with Crippen LogP contribution >= 0.6 is 0 Å². The van der Waals surface area contributed by atoms with Crippen molar-refractivity contribution in [3.05, 3.63) is 29.3 Å². The summed E-state index contributed by atoms with van der Waals surface area (Å²) in [5, 5.41) is 0. The summed E-state index contributed by atoms with van der Waals surface area (Å²) in [4.78, 5) is 13.6. The second-order valence-electron chi connectivity index (χ2n) is 5.33. The molecular formula is C15H21NO. The smallest absolute Gasteiger partial charge is 0.152 e. The first kappa shape index (κ1) is 12.2. The lowest BCUT2D eigenvalue weighted by Crippen LogP contribution is -2.34. The van der Waals surface area contributed by atoms with Crippen LogP contribution in [0.4, 0.5) is 5.69 Å². The Bertz CT molecular complexity index is 411. The number of carbonyl (C=O) groups excluding carboxylic acids is 1. The first-order valence-corrected chi connectivity index (χ1v) is 6.46. The Hall–Kier alpha value is -1.31. The van der Waals surface area contributed by atoms with Gasteiger partial charge in [-0.05, 0) is 37.8 Å². The van der Waals surface area contributed by atoms with Crippen LogP contribution in [0.5, 0.6) is 0 Å². The van der Waals surface area contributed by atoms with Crippen molar-refractivity contribution in [1.82, 2.24) is 0 Å². The minimum absolute atomic E-state index is 0.580. The van der Waals surface area contributed by atoms with Crippen LogP contribution in [0.3, 0.4) is 0 Å². The van der Waals surface area contributed by atoms with Crippen LogP contribution < -0.4 is 4.90 Å². The molecule has 1 aliphatic rings. The number of carbonyl (C=O) groups is 1. The van der Waals surface area contributed by atoms with E-state index in [0.29, 0.717) is 12.0 Å². The van der Waals surface area contributed by atoms with Gasteiger partial charge in [0, 0.05) is 23.8 Å². The summed E-state index contributed by atoms with van der Waals surface area (Å²) in [7, 11) is 0. The molecule has 2 rings (SSSR count). The van der Waals surface area contributed by atoms with Crippen molar-refractivity contribution >= 4 is 12.0 Å². The van der Waals surface area contributed by atoms with Crippen molar-refractivity contribution in [2.45, 2.75) is 39.7 Å². The van der Waals surface area contributed by atoms with Crippen LogP contribution in [-0.4, -0.2) is 18.9 Å². The lowest BCUT2D eigenvalue weighted by Gasteiger charge is -2.30. The zero-order chi connectivity index (χ0) is 12.4. The number of anilines is 1. The Morgan fingerprint density at radius 1 is 1.41 bits per heavy atom. The lowest BCUT2D eigenvalue weighted by molar-refractivity contribution is 0.112. The third kappa shape index (κ3) is 2.36. The van der Waals surface area contributed by atoms with Crippen LogP contribution in [0.25, 0.3) is 0 Å². The van der Waals surface area contributed by atoms with E-state index in [9.17, 15) is 4.79 Å². The number of aryl methyl sites for hydroxylation is 1. The molecule has 0 saturated carbocycles. The zero-order valence-electron chi connectivity index (χ0n) is 10.9. The van der Waals surface area contributed by atoms with Crippen LogP contribution in [0, 0.1) is 12.8 Å². The third-order valence-electron chi connectivity index (χ3n) is 3.69. The second kappa shape index (κ2) is 4.91. The molecule has 1 aromatic carbocycles. The molecule has 2 nitrogen and oxygen atoms in total. The van der Waals surface area contributed by atoms with Crippen molar-refractivity contribution in [2.24, 2.45) is 5.92 Å². The summed E-state index contributed by atoms with van der Waals surface area (Å²) in [6, 6.07) is 6.76. The van der Waals surface area contributed by atoms with E-state index < -0.39 is 0 Å². The van der Waals surface area contributed by atoms with Crippen LogP contribution in [0.15, 0.2) is 18.2 Å². The molecule has 2 heteroatoms. The molecule has 1 unspecified atom stereocenters. The molecule has 0 amide bonds. The number of hydrogen-bond donors (Lipinski definition) is 0. The topological polar surface area (TPSA) is 20.3 Å². The molecule has 0 aromatic heterocycles. The van der Waals surface area contributed by atoms with E-state index in [1.54, 1.807) is 0 Å². The largest absolute Gasteiger partial charge is 0.368 e. The Morgan fingerprint density at radius 2 is 2.18 bits per heavy atom. The molecule has 1 heterocycles. The van der Waals surface area contributed by atoms with E-state index >= 15 is 0 Å². The summed E-state index contributed by atoms with van der Waals surface area (Å²) in [6.07, 6.45) is 3.46. The van der Waals surface area contributed by atoms with E-state index in [1.165, 1.54) is 12.8 Å². The molecule has 1 saturated heterocycles. The van der Waals surface area contributed by atoms with E-state index in [2.05, 4.69) is 30.9 Å². The van der Waals surface area contributed by atoms with Gasteiger partial charge in [0.15, 0.2) is 6.29 Å². The Balaban J connectivity index is 2.36. The minimum Gasteiger partial charge on any atom is -0.368 e. The maximum absolute atomic E-state index is 11.2. The molecule has 92 valence electrons. The van der Waals surface area contributed by atoms with Gasteiger partial charge < -0.3 is 4.90 Å².